The van der Waals surface area contributed by atoms with Gasteiger partial charge in [-0.2, -0.15) is 5.53 Å². The lowest BCUT2D eigenvalue weighted by atomic mass is 9.85. The van der Waals surface area contributed by atoms with Crippen LogP contribution < -0.4 is 11.0 Å². The molecule has 0 aromatic rings. The maximum atomic E-state index is 13.9. The van der Waals surface area contributed by atoms with Crippen molar-refractivity contribution in [2.45, 2.75) is 37.8 Å². The van der Waals surface area contributed by atoms with Crippen LogP contribution >= 0.6 is 0 Å². The fourth-order valence-corrected chi connectivity index (χ4v) is 3.33. The van der Waals surface area contributed by atoms with Crippen LogP contribution in [0.2, 0.25) is 0 Å². The van der Waals surface area contributed by atoms with Gasteiger partial charge in [0, 0.05) is 32.1 Å². The second-order valence-electron chi connectivity index (χ2n) is 5.95. The predicted octanol–water partition coefficient (Wildman–Crippen LogP) is 0.446. The van der Waals surface area contributed by atoms with Crippen LogP contribution in [0.15, 0.2) is 0 Å². The van der Waals surface area contributed by atoms with E-state index in [0.29, 0.717) is 25.8 Å². The van der Waals surface area contributed by atoms with E-state index in [4.69, 9.17) is 4.74 Å². The smallest absolute Gasteiger partial charge is 0.107 e. The van der Waals surface area contributed by atoms with E-state index < -0.39 is 18.3 Å². The molecule has 3 atom stereocenters. The first-order valence-corrected chi connectivity index (χ1v) is 7.60. The Labute approximate surface area is 118 Å². The van der Waals surface area contributed by atoms with Gasteiger partial charge in [-0.15, -0.1) is 0 Å². The fraction of sp³-hybridized carbons (Fsp3) is 1.00. The number of hydrogen-bond acceptors (Lipinski definition) is 5. The van der Waals surface area contributed by atoms with Crippen molar-refractivity contribution >= 4 is 0 Å². The van der Waals surface area contributed by atoms with Crippen molar-refractivity contribution < 1.29 is 13.5 Å². The molecule has 5 nitrogen and oxygen atoms in total. The van der Waals surface area contributed by atoms with Gasteiger partial charge in [0.25, 0.3) is 0 Å². The molecule has 3 aliphatic rings. The van der Waals surface area contributed by atoms with Crippen molar-refractivity contribution in [2.24, 2.45) is 5.92 Å². The zero-order valence-corrected chi connectivity index (χ0v) is 11.7. The van der Waals surface area contributed by atoms with Crippen molar-refractivity contribution in [1.29, 1.82) is 0 Å². The van der Waals surface area contributed by atoms with Crippen molar-refractivity contribution in [3.05, 3.63) is 0 Å². The molecule has 1 aliphatic carbocycles. The van der Waals surface area contributed by atoms with Gasteiger partial charge in [-0.05, 0) is 19.3 Å². The molecule has 3 fully saturated rings. The third-order valence-electron chi connectivity index (χ3n) is 4.59. The molecule has 1 saturated carbocycles. The molecule has 20 heavy (non-hydrogen) atoms. The summed E-state index contributed by atoms with van der Waals surface area (Å²) in [6.45, 7) is 4.47. The summed E-state index contributed by atoms with van der Waals surface area (Å²) in [5, 5.41) is 1.91. The minimum Gasteiger partial charge on any atom is -0.379 e. The van der Waals surface area contributed by atoms with Crippen molar-refractivity contribution in [2.75, 3.05) is 39.4 Å². The van der Waals surface area contributed by atoms with Gasteiger partial charge in [-0.25, -0.2) is 19.2 Å². The Bertz CT molecular complexity index is 307. The van der Waals surface area contributed by atoms with Crippen LogP contribution in [-0.2, 0) is 4.74 Å². The molecule has 2 N–H and O–H groups in total. The van der Waals surface area contributed by atoms with Crippen LogP contribution in [0.4, 0.5) is 8.78 Å². The molecule has 0 bridgehead atoms. The standard InChI is InChI=1S/C13H24F2N4O/c14-11-2-1-3-12(15)10(11)8-19-9-13(16-17-19)18-4-6-20-7-5-18/h10-13,16-17H,1-9H2. The highest BCUT2D eigenvalue weighted by Crippen LogP contribution is 2.30. The van der Waals surface area contributed by atoms with E-state index in [1.54, 1.807) is 0 Å². The molecule has 2 aliphatic heterocycles. The molecular weight excluding hydrogens is 266 g/mol. The first-order valence-electron chi connectivity index (χ1n) is 7.60. The molecule has 2 heterocycles. The van der Waals surface area contributed by atoms with Gasteiger partial charge in [-0.1, -0.05) is 0 Å². The number of hydrogen-bond donors (Lipinski definition) is 2. The van der Waals surface area contributed by atoms with E-state index >= 15 is 0 Å². The number of nitrogens with one attached hydrogen (secondary N) is 2. The third kappa shape index (κ3) is 3.28. The van der Waals surface area contributed by atoms with Gasteiger partial charge in [0.1, 0.15) is 12.3 Å². The zero-order valence-electron chi connectivity index (χ0n) is 11.7. The number of hydrazine groups is 2. The first-order chi connectivity index (χ1) is 9.74. The van der Waals surface area contributed by atoms with Crippen LogP contribution in [0.1, 0.15) is 19.3 Å². The largest absolute Gasteiger partial charge is 0.379 e. The topological polar surface area (TPSA) is 39.8 Å². The van der Waals surface area contributed by atoms with Crippen molar-refractivity contribution in [3.63, 3.8) is 0 Å². The molecule has 3 rings (SSSR count). The van der Waals surface area contributed by atoms with E-state index in [0.717, 1.165) is 32.8 Å². The van der Waals surface area contributed by atoms with Crippen LogP contribution in [0.25, 0.3) is 0 Å². The second-order valence-corrected chi connectivity index (χ2v) is 5.95. The zero-order chi connectivity index (χ0) is 13.9. The summed E-state index contributed by atoms with van der Waals surface area (Å²) in [5.74, 6) is -0.499. The molecule has 3 unspecified atom stereocenters. The van der Waals surface area contributed by atoms with Gasteiger partial charge in [0.05, 0.1) is 19.4 Å². The number of halogens is 2. The van der Waals surface area contributed by atoms with Crippen LogP contribution in [0, 0.1) is 5.92 Å². The summed E-state index contributed by atoms with van der Waals surface area (Å²) in [5.41, 5.74) is 6.26. The Hall–Kier alpha value is -0.340. The Morgan fingerprint density at radius 2 is 1.80 bits per heavy atom. The number of ether oxygens (including phenoxy) is 1. The van der Waals surface area contributed by atoms with Crippen LogP contribution in [-0.4, -0.2) is 67.8 Å². The lowest BCUT2D eigenvalue weighted by Gasteiger charge is -2.33. The SMILES string of the molecule is FC1CCCC(F)C1CN1CC(N2CCOCC2)NN1. The van der Waals surface area contributed by atoms with E-state index in [1.165, 1.54) is 0 Å². The molecule has 0 aromatic carbocycles. The highest BCUT2D eigenvalue weighted by Gasteiger charge is 2.37. The minimum atomic E-state index is -1.01. The van der Waals surface area contributed by atoms with E-state index in [-0.39, 0.29) is 6.17 Å². The summed E-state index contributed by atoms with van der Waals surface area (Å²) >= 11 is 0. The fourth-order valence-electron chi connectivity index (χ4n) is 3.33. The average molecular weight is 290 g/mol. The lowest BCUT2D eigenvalue weighted by Crippen LogP contribution is -2.50. The number of morpholine rings is 1. The Morgan fingerprint density at radius 3 is 2.50 bits per heavy atom. The average Bonchev–Trinajstić information content (AvgIpc) is 2.93. The normalized spacial score (nSPS) is 41.1. The van der Waals surface area contributed by atoms with E-state index in [9.17, 15) is 8.78 Å². The summed E-state index contributed by atoms with van der Waals surface area (Å²) < 4.78 is 33.1. The lowest BCUT2D eigenvalue weighted by molar-refractivity contribution is 0.0123. The number of rotatable bonds is 3. The Morgan fingerprint density at radius 1 is 1.10 bits per heavy atom. The first kappa shape index (κ1) is 14.6. The third-order valence-corrected chi connectivity index (χ3v) is 4.59. The van der Waals surface area contributed by atoms with Crippen molar-refractivity contribution in [3.8, 4) is 0 Å². The molecule has 0 amide bonds. The van der Waals surface area contributed by atoms with Crippen LogP contribution in [0.5, 0.6) is 0 Å². The highest BCUT2D eigenvalue weighted by molar-refractivity contribution is 4.86. The molecule has 0 radical (unpaired) electrons. The van der Waals surface area contributed by atoms with Gasteiger partial charge < -0.3 is 4.74 Å². The van der Waals surface area contributed by atoms with E-state index in [2.05, 4.69) is 15.9 Å². The van der Waals surface area contributed by atoms with Gasteiger partial charge in [0.2, 0.25) is 0 Å². The van der Waals surface area contributed by atoms with Gasteiger partial charge >= 0.3 is 0 Å². The molecule has 116 valence electrons. The molecule has 2 saturated heterocycles. The maximum Gasteiger partial charge on any atom is 0.107 e. The number of alkyl halides is 2. The molecule has 0 aromatic heterocycles. The monoisotopic (exact) mass is 290 g/mol. The molecule has 0 spiro atoms. The number of nitrogens with zero attached hydrogens (tertiary/aromatic N) is 2. The summed E-state index contributed by atoms with van der Waals surface area (Å²) in [6.07, 6.45) is -0.163. The van der Waals surface area contributed by atoms with Gasteiger partial charge in [0.15, 0.2) is 0 Å². The predicted molar refractivity (Wildman–Crippen MR) is 71.2 cm³/mol. The quantitative estimate of drug-likeness (QED) is 0.789. The molecule has 7 heteroatoms. The van der Waals surface area contributed by atoms with Crippen molar-refractivity contribution in [1.82, 2.24) is 20.9 Å². The molecular formula is C13H24F2N4O. The van der Waals surface area contributed by atoms with Crippen LogP contribution in [0.3, 0.4) is 0 Å². The summed E-state index contributed by atoms with van der Waals surface area (Å²) in [7, 11) is 0. The minimum absolute atomic E-state index is 0.193. The second kappa shape index (κ2) is 6.62. The summed E-state index contributed by atoms with van der Waals surface area (Å²) in [4.78, 5) is 2.30. The Balaban J connectivity index is 1.49. The van der Waals surface area contributed by atoms with E-state index in [1.807, 2.05) is 5.01 Å². The summed E-state index contributed by atoms with van der Waals surface area (Å²) in [6, 6.07) is 0. The van der Waals surface area contributed by atoms with Gasteiger partial charge in [-0.3, -0.25) is 4.90 Å². The highest BCUT2D eigenvalue weighted by atomic mass is 19.1. The maximum absolute atomic E-state index is 13.9. The Kier molecular flexibility index (Phi) is 4.83.